The van der Waals surface area contributed by atoms with E-state index in [1.807, 2.05) is 30.3 Å². The van der Waals surface area contributed by atoms with Crippen LogP contribution in [0.2, 0.25) is 0 Å². The molecule has 260 valence electrons. The zero-order valence-corrected chi connectivity index (χ0v) is 27.5. The fourth-order valence-corrected chi connectivity index (χ4v) is 6.52. The van der Waals surface area contributed by atoms with Crippen LogP contribution in [0.25, 0.3) is 0 Å². The van der Waals surface area contributed by atoms with Crippen molar-refractivity contribution in [3.05, 3.63) is 35.9 Å². The van der Waals surface area contributed by atoms with Crippen molar-refractivity contribution in [2.45, 2.75) is 103 Å². The summed E-state index contributed by atoms with van der Waals surface area (Å²) in [5, 5.41) is 9.19. The number of amides is 5. The Morgan fingerprint density at radius 1 is 0.957 bits per heavy atom. The summed E-state index contributed by atoms with van der Waals surface area (Å²) in [5.41, 5.74) is 12.5. The number of likely N-dealkylation sites (N-methyl/N-ethyl adjacent to an activating group) is 1. The molecule has 5 N–H and O–H groups in total. The van der Waals surface area contributed by atoms with Crippen molar-refractivity contribution >= 4 is 35.7 Å². The summed E-state index contributed by atoms with van der Waals surface area (Å²) in [4.78, 5) is 80.3. The third-order valence-corrected chi connectivity index (χ3v) is 9.28. The van der Waals surface area contributed by atoms with Gasteiger partial charge in [-0.25, -0.2) is 4.79 Å². The zero-order valence-electron chi connectivity index (χ0n) is 27.5. The van der Waals surface area contributed by atoms with Gasteiger partial charge in [-0.15, -0.1) is 0 Å². The molecule has 1 aromatic carbocycles. The summed E-state index contributed by atoms with van der Waals surface area (Å²) >= 11 is 0. The fraction of sp³-hybridized carbons (Fsp3) is 0.647. The Morgan fingerprint density at radius 3 is 2.21 bits per heavy atom. The van der Waals surface area contributed by atoms with E-state index in [9.17, 15) is 33.9 Å². The number of hydrogen-bond donors (Lipinski definition) is 3. The number of primary amides is 1. The summed E-state index contributed by atoms with van der Waals surface area (Å²) < 4.78 is 5.44. The number of rotatable bonds is 16. The molecule has 3 rings (SSSR count). The molecule has 1 saturated carbocycles. The Balaban J connectivity index is 1.53. The lowest BCUT2D eigenvalue weighted by Gasteiger charge is -2.34. The number of aliphatic carboxylic acids is 1. The van der Waals surface area contributed by atoms with E-state index < -0.39 is 48.7 Å². The van der Waals surface area contributed by atoms with Crippen LogP contribution in [-0.2, 0) is 35.3 Å². The number of carboxylic acid groups (broad SMARTS) is 1. The normalized spacial score (nSPS) is 16.9. The predicted octanol–water partition coefficient (Wildman–Crippen LogP) is 3.04. The van der Waals surface area contributed by atoms with Gasteiger partial charge in [-0.05, 0) is 56.4 Å². The van der Waals surface area contributed by atoms with Crippen LogP contribution in [0.15, 0.2) is 30.3 Å². The number of piperidine rings is 1. The third kappa shape index (κ3) is 11.9. The topological polar surface area (TPSA) is 194 Å². The lowest BCUT2D eigenvalue weighted by molar-refractivity contribution is -0.156. The van der Waals surface area contributed by atoms with Crippen LogP contribution in [0.5, 0.6) is 0 Å². The number of benzene rings is 1. The standard InChI is InChI=1S/C34H51N5O8/c1-2-37(29(40)15-9-14-24-16-18-38(19-17-24)34(46)47-23-26-12-7-4-8-13-26)22-30(41)39(33(45)27(35)21-31(42)43)28(32(36)44)20-25-10-5-3-6-11-25/h4,7-8,12-13,24-25,27-28H,2-3,5-6,9-11,14-23,35H2,1H3,(H2,36,44)(H,42,43)/t27-,28-/m0/s1. The number of carbonyl (C=O) groups is 6. The maximum atomic E-state index is 13.6. The van der Waals surface area contributed by atoms with E-state index in [2.05, 4.69) is 0 Å². The first-order valence-electron chi connectivity index (χ1n) is 16.9. The molecule has 1 aromatic rings. The van der Waals surface area contributed by atoms with Crippen molar-refractivity contribution in [3.8, 4) is 0 Å². The lowest BCUT2D eigenvalue weighted by atomic mass is 9.84. The van der Waals surface area contributed by atoms with Crippen LogP contribution in [0.4, 0.5) is 4.79 Å². The second kappa shape index (κ2) is 19.0. The van der Waals surface area contributed by atoms with Crippen molar-refractivity contribution in [1.29, 1.82) is 0 Å². The molecule has 0 unspecified atom stereocenters. The second-order valence-corrected chi connectivity index (χ2v) is 12.7. The fourth-order valence-electron chi connectivity index (χ4n) is 6.52. The maximum Gasteiger partial charge on any atom is 0.410 e. The third-order valence-electron chi connectivity index (χ3n) is 9.28. The van der Waals surface area contributed by atoms with Crippen molar-refractivity contribution < 1.29 is 38.6 Å². The molecule has 13 nitrogen and oxygen atoms in total. The van der Waals surface area contributed by atoms with Gasteiger partial charge in [0.1, 0.15) is 19.2 Å². The highest BCUT2D eigenvalue weighted by Gasteiger charge is 2.39. The molecule has 2 fully saturated rings. The molecule has 1 aliphatic carbocycles. The van der Waals surface area contributed by atoms with Gasteiger partial charge >= 0.3 is 12.1 Å². The van der Waals surface area contributed by atoms with Crippen LogP contribution in [-0.4, -0.2) is 93.8 Å². The van der Waals surface area contributed by atoms with Gasteiger partial charge in [-0.3, -0.25) is 28.9 Å². The predicted molar refractivity (Wildman–Crippen MR) is 173 cm³/mol. The van der Waals surface area contributed by atoms with E-state index in [1.165, 1.54) is 4.90 Å². The van der Waals surface area contributed by atoms with Crippen molar-refractivity contribution in [2.75, 3.05) is 26.2 Å². The number of imide groups is 1. The first kappa shape index (κ1) is 37.5. The molecule has 5 amide bonds. The average Bonchev–Trinajstić information content (AvgIpc) is 3.06. The molecule has 0 aromatic heterocycles. The smallest absolute Gasteiger partial charge is 0.410 e. The SMILES string of the molecule is CCN(CC(=O)N(C(=O)[C@@H](N)CC(=O)O)[C@@H](CC1CCCCC1)C(N)=O)C(=O)CCCC1CCN(C(=O)OCc2ccccc2)CC1. The number of nitrogens with zero attached hydrogens (tertiary/aromatic N) is 3. The lowest BCUT2D eigenvalue weighted by Crippen LogP contribution is -2.58. The summed E-state index contributed by atoms with van der Waals surface area (Å²) in [6.07, 6.45) is 6.95. The summed E-state index contributed by atoms with van der Waals surface area (Å²) in [7, 11) is 0. The highest BCUT2D eigenvalue weighted by molar-refractivity contribution is 6.04. The molecule has 0 radical (unpaired) electrons. The summed E-state index contributed by atoms with van der Waals surface area (Å²) in [6.45, 7) is 2.84. The first-order valence-corrected chi connectivity index (χ1v) is 16.9. The van der Waals surface area contributed by atoms with Crippen LogP contribution >= 0.6 is 0 Å². The largest absolute Gasteiger partial charge is 0.481 e. The van der Waals surface area contributed by atoms with E-state index in [-0.39, 0.29) is 43.9 Å². The molecule has 2 atom stereocenters. The van der Waals surface area contributed by atoms with E-state index in [1.54, 1.807) is 11.8 Å². The quantitative estimate of drug-likeness (QED) is 0.240. The molecular weight excluding hydrogens is 606 g/mol. The van der Waals surface area contributed by atoms with Crippen LogP contribution in [0.3, 0.4) is 0 Å². The minimum atomic E-state index is -1.55. The summed E-state index contributed by atoms with van der Waals surface area (Å²) in [5.74, 6) is -3.83. The molecule has 47 heavy (non-hydrogen) atoms. The Hall–Kier alpha value is -4.00. The molecule has 0 spiro atoms. The molecule has 0 bridgehead atoms. The molecule has 1 aliphatic heterocycles. The van der Waals surface area contributed by atoms with Gasteiger partial charge in [0.25, 0.3) is 0 Å². The van der Waals surface area contributed by atoms with Gasteiger partial charge < -0.3 is 31.1 Å². The molecule has 1 heterocycles. The van der Waals surface area contributed by atoms with Gasteiger partial charge in [0.2, 0.25) is 23.6 Å². The Morgan fingerprint density at radius 2 is 1.62 bits per heavy atom. The number of ether oxygens (including phenoxy) is 1. The number of carbonyl (C=O) groups excluding carboxylic acids is 5. The van der Waals surface area contributed by atoms with Crippen molar-refractivity contribution in [1.82, 2.24) is 14.7 Å². The molecule has 1 saturated heterocycles. The van der Waals surface area contributed by atoms with Crippen molar-refractivity contribution in [2.24, 2.45) is 23.3 Å². The maximum absolute atomic E-state index is 13.6. The van der Waals surface area contributed by atoms with Crippen LogP contribution in [0, 0.1) is 11.8 Å². The Bertz CT molecular complexity index is 1210. The van der Waals surface area contributed by atoms with Gasteiger partial charge in [0, 0.05) is 26.1 Å². The molecule has 13 heteroatoms. The van der Waals surface area contributed by atoms with Gasteiger partial charge in [0.05, 0.1) is 12.5 Å². The number of likely N-dealkylation sites (tertiary alicyclic amines) is 1. The number of nitrogens with two attached hydrogens (primary N) is 2. The van der Waals surface area contributed by atoms with Crippen LogP contribution < -0.4 is 11.5 Å². The van der Waals surface area contributed by atoms with Gasteiger partial charge in [0.15, 0.2) is 0 Å². The minimum Gasteiger partial charge on any atom is -0.481 e. The average molecular weight is 658 g/mol. The van der Waals surface area contributed by atoms with Crippen molar-refractivity contribution in [3.63, 3.8) is 0 Å². The van der Waals surface area contributed by atoms with Gasteiger partial charge in [-0.2, -0.15) is 0 Å². The first-order chi connectivity index (χ1) is 22.5. The number of carboxylic acids is 1. The van der Waals surface area contributed by atoms with E-state index in [0.717, 1.165) is 61.8 Å². The van der Waals surface area contributed by atoms with E-state index in [4.69, 9.17) is 16.2 Å². The second-order valence-electron chi connectivity index (χ2n) is 12.7. The molecule has 2 aliphatic rings. The van der Waals surface area contributed by atoms with E-state index >= 15 is 0 Å². The minimum absolute atomic E-state index is 0.0794. The zero-order chi connectivity index (χ0) is 34.3. The van der Waals surface area contributed by atoms with E-state index in [0.29, 0.717) is 25.4 Å². The Kier molecular flexibility index (Phi) is 15.1. The number of hydrogen-bond acceptors (Lipinski definition) is 8. The summed E-state index contributed by atoms with van der Waals surface area (Å²) in [6, 6.07) is 6.67. The van der Waals surface area contributed by atoms with Crippen LogP contribution in [0.1, 0.15) is 89.5 Å². The Labute approximate surface area is 276 Å². The molecular formula is C34H51N5O8. The highest BCUT2D eigenvalue weighted by atomic mass is 16.6. The monoisotopic (exact) mass is 657 g/mol. The highest BCUT2D eigenvalue weighted by Crippen LogP contribution is 2.29. The van der Waals surface area contributed by atoms with Gasteiger partial charge in [-0.1, -0.05) is 62.4 Å².